The number of aliphatic hydroxyl groups excluding tert-OH is 1. The van der Waals surface area contributed by atoms with E-state index in [4.69, 9.17) is 5.26 Å². The highest BCUT2D eigenvalue weighted by Crippen LogP contribution is 2.19. The summed E-state index contributed by atoms with van der Waals surface area (Å²) in [6, 6.07) is 13.5. The summed E-state index contributed by atoms with van der Waals surface area (Å²) < 4.78 is 0. The maximum Gasteiger partial charge on any atom is 0.0991 e. The summed E-state index contributed by atoms with van der Waals surface area (Å²) in [5.74, 6) is 0. The van der Waals surface area contributed by atoms with E-state index in [1.54, 1.807) is 12.3 Å². The van der Waals surface area contributed by atoms with Crippen LogP contribution < -0.4 is 4.90 Å². The van der Waals surface area contributed by atoms with Gasteiger partial charge in [0.05, 0.1) is 35.3 Å². The number of hydrogen-bond acceptors (Lipinski definition) is 4. The molecule has 0 spiro atoms. The van der Waals surface area contributed by atoms with Gasteiger partial charge >= 0.3 is 0 Å². The van der Waals surface area contributed by atoms with E-state index in [1.807, 2.05) is 44.3 Å². The molecule has 2 rings (SSSR count). The van der Waals surface area contributed by atoms with Crippen molar-refractivity contribution in [2.24, 2.45) is 0 Å². The maximum absolute atomic E-state index is 9.74. The highest BCUT2D eigenvalue weighted by Gasteiger charge is 2.08. The summed E-state index contributed by atoms with van der Waals surface area (Å²) in [5.41, 5.74) is 3.42. The smallest absolute Gasteiger partial charge is 0.0991 e. The molecule has 1 atom stereocenters. The maximum atomic E-state index is 9.74. The molecule has 1 N–H and O–H groups in total. The number of nitrogens with zero attached hydrogens (tertiary/aromatic N) is 3. The van der Waals surface area contributed by atoms with Crippen LogP contribution in [-0.2, 0) is 6.54 Å². The van der Waals surface area contributed by atoms with Gasteiger partial charge in [-0.15, -0.1) is 0 Å². The third kappa shape index (κ3) is 3.80. The number of aromatic nitrogens is 1. The molecule has 1 aromatic heterocycles. The third-order valence-electron chi connectivity index (χ3n) is 3.42. The van der Waals surface area contributed by atoms with Gasteiger partial charge in [0, 0.05) is 13.6 Å². The van der Waals surface area contributed by atoms with Crippen LogP contribution >= 0.6 is 0 Å². The Hall–Kier alpha value is -2.38. The number of benzene rings is 1. The predicted molar refractivity (Wildman–Crippen MR) is 82.8 cm³/mol. The van der Waals surface area contributed by atoms with Crippen molar-refractivity contribution in [3.63, 3.8) is 0 Å². The Bertz CT molecular complexity index is 631. The summed E-state index contributed by atoms with van der Waals surface area (Å²) in [4.78, 5) is 6.36. The molecule has 0 amide bonds. The molecule has 108 valence electrons. The Kier molecular flexibility index (Phi) is 4.91. The Morgan fingerprint density at radius 1 is 1.33 bits per heavy atom. The first-order valence-electron chi connectivity index (χ1n) is 6.98. The quantitative estimate of drug-likeness (QED) is 0.915. The topological polar surface area (TPSA) is 60.1 Å². The van der Waals surface area contributed by atoms with Crippen LogP contribution in [0, 0.1) is 11.3 Å². The zero-order valence-corrected chi connectivity index (χ0v) is 12.3. The fraction of sp³-hybridized carbons (Fsp3) is 0.294. The van der Waals surface area contributed by atoms with Crippen LogP contribution in [0.15, 0.2) is 42.6 Å². The predicted octanol–water partition coefficient (Wildman–Crippen LogP) is 3.03. The zero-order valence-electron chi connectivity index (χ0n) is 12.3. The molecule has 0 saturated heterocycles. The van der Waals surface area contributed by atoms with Gasteiger partial charge in [-0.25, -0.2) is 0 Å². The number of rotatable bonds is 5. The molecule has 0 radical (unpaired) electrons. The van der Waals surface area contributed by atoms with Gasteiger partial charge < -0.3 is 10.0 Å². The second kappa shape index (κ2) is 6.87. The highest BCUT2D eigenvalue weighted by atomic mass is 16.3. The van der Waals surface area contributed by atoms with Crippen molar-refractivity contribution in [1.82, 2.24) is 4.98 Å². The van der Waals surface area contributed by atoms with Crippen molar-refractivity contribution in [2.45, 2.75) is 26.0 Å². The lowest BCUT2D eigenvalue weighted by Gasteiger charge is -2.19. The second-order valence-electron chi connectivity index (χ2n) is 5.03. The molecule has 1 aromatic carbocycles. The van der Waals surface area contributed by atoms with Gasteiger partial charge in [0.25, 0.3) is 0 Å². The SMILES string of the molecule is CC[C@H](O)c1ccc(N(C)Cc2cccc(C#N)c2)cn1. The van der Waals surface area contributed by atoms with Crippen LogP contribution in [0.3, 0.4) is 0 Å². The molecular weight excluding hydrogens is 262 g/mol. The molecule has 0 saturated carbocycles. The number of pyridine rings is 1. The van der Waals surface area contributed by atoms with Crippen molar-refractivity contribution in [1.29, 1.82) is 5.26 Å². The Morgan fingerprint density at radius 3 is 2.76 bits per heavy atom. The van der Waals surface area contributed by atoms with E-state index in [1.165, 1.54) is 0 Å². The second-order valence-corrected chi connectivity index (χ2v) is 5.03. The molecule has 4 heteroatoms. The normalized spacial score (nSPS) is 11.7. The first-order chi connectivity index (χ1) is 10.1. The minimum atomic E-state index is -0.503. The first-order valence-corrected chi connectivity index (χ1v) is 6.98. The standard InChI is InChI=1S/C17H19N3O/c1-3-17(21)16-8-7-15(11-19-16)20(2)12-14-6-4-5-13(9-14)10-18/h4-9,11,17,21H,3,12H2,1-2H3/t17-/m0/s1. The van der Waals surface area contributed by atoms with Gasteiger partial charge in [0.1, 0.15) is 0 Å². The summed E-state index contributed by atoms with van der Waals surface area (Å²) in [6.45, 7) is 2.63. The van der Waals surface area contributed by atoms with Crippen LogP contribution in [-0.4, -0.2) is 17.1 Å². The lowest BCUT2D eigenvalue weighted by atomic mass is 10.1. The van der Waals surface area contributed by atoms with Crippen molar-refractivity contribution in [3.05, 3.63) is 59.4 Å². The number of hydrogen-bond donors (Lipinski definition) is 1. The van der Waals surface area contributed by atoms with Gasteiger partial charge in [-0.3, -0.25) is 4.98 Å². The van der Waals surface area contributed by atoms with Crippen LogP contribution in [0.1, 0.15) is 36.3 Å². The van der Waals surface area contributed by atoms with E-state index >= 15 is 0 Å². The molecule has 0 bridgehead atoms. The van der Waals surface area contributed by atoms with Crippen LogP contribution in [0.4, 0.5) is 5.69 Å². The zero-order chi connectivity index (χ0) is 15.2. The van der Waals surface area contributed by atoms with Crippen molar-refractivity contribution >= 4 is 5.69 Å². The van der Waals surface area contributed by atoms with Gasteiger partial charge in [-0.05, 0) is 36.2 Å². The van der Waals surface area contributed by atoms with Crippen molar-refractivity contribution in [2.75, 3.05) is 11.9 Å². The van der Waals surface area contributed by atoms with Gasteiger partial charge in [-0.1, -0.05) is 19.1 Å². The molecule has 4 nitrogen and oxygen atoms in total. The van der Waals surface area contributed by atoms with Crippen molar-refractivity contribution < 1.29 is 5.11 Å². The van der Waals surface area contributed by atoms with E-state index < -0.39 is 6.10 Å². The Labute approximate surface area is 125 Å². The van der Waals surface area contributed by atoms with E-state index in [9.17, 15) is 5.11 Å². The van der Waals surface area contributed by atoms with E-state index in [2.05, 4.69) is 16.0 Å². The fourth-order valence-electron chi connectivity index (χ4n) is 2.13. The van der Waals surface area contributed by atoms with E-state index in [0.29, 0.717) is 24.2 Å². The third-order valence-corrected chi connectivity index (χ3v) is 3.42. The Morgan fingerprint density at radius 2 is 2.14 bits per heavy atom. The molecule has 1 heterocycles. The number of anilines is 1. The molecule has 0 fully saturated rings. The lowest BCUT2D eigenvalue weighted by Crippen LogP contribution is -2.16. The van der Waals surface area contributed by atoms with Crippen LogP contribution in [0.5, 0.6) is 0 Å². The van der Waals surface area contributed by atoms with E-state index in [-0.39, 0.29) is 0 Å². The summed E-state index contributed by atoms with van der Waals surface area (Å²) >= 11 is 0. The molecule has 2 aromatic rings. The molecule has 0 aliphatic heterocycles. The first kappa shape index (κ1) is 15.0. The molecule has 0 unspecified atom stereocenters. The average Bonchev–Trinajstić information content (AvgIpc) is 2.54. The number of aliphatic hydroxyl groups is 1. The van der Waals surface area contributed by atoms with Gasteiger partial charge in [0.2, 0.25) is 0 Å². The minimum absolute atomic E-state index is 0.503. The minimum Gasteiger partial charge on any atom is -0.387 e. The highest BCUT2D eigenvalue weighted by molar-refractivity contribution is 5.45. The summed E-state index contributed by atoms with van der Waals surface area (Å²) in [6.07, 6.45) is 1.92. The summed E-state index contributed by atoms with van der Waals surface area (Å²) in [7, 11) is 1.98. The molecule has 0 aliphatic carbocycles. The van der Waals surface area contributed by atoms with Crippen molar-refractivity contribution in [3.8, 4) is 6.07 Å². The molecule has 0 aliphatic rings. The largest absolute Gasteiger partial charge is 0.387 e. The molecule has 21 heavy (non-hydrogen) atoms. The molecular formula is C17H19N3O. The fourth-order valence-corrected chi connectivity index (χ4v) is 2.13. The lowest BCUT2D eigenvalue weighted by molar-refractivity contribution is 0.169. The van der Waals surface area contributed by atoms with Gasteiger partial charge in [-0.2, -0.15) is 5.26 Å². The van der Waals surface area contributed by atoms with Crippen LogP contribution in [0.25, 0.3) is 0 Å². The Balaban J connectivity index is 2.09. The number of nitriles is 1. The average molecular weight is 281 g/mol. The monoisotopic (exact) mass is 281 g/mol. The summed E-state index contributed by atoms with van der Waals surface area (Å²) in [5, 5.41) is 18.7. The van der Waals surface area contributed by atoms with Gasteiger partial charge in [0.15, 0.2) is 0 Å². The van der Waals surface area contributed by atoms with E-state index in [0.717, 1.165) is 11.3 Å². The van der Waals surface area contributed by atoms with Crippen LogP contribution in [0.2, 0.25) is 0 Å².